The highest BCUT2D eigenvalue weighted by atomic mass is 35.5. The molecular weight excluding hydrogens is 365 g/mol. The van der Waals surface area contributed by atoms with Gasteiger partial charge >= 0.3 is 12.0 Å². The van der Waals surface area contributed by atoms with Crippen LogP contribution in [0.3, 0.4) is 0 Å². The average molecular weight is 388 g/mol. The van der Waals surface area contributed by atoms with Crippen molar-refractivity contribution in [1.82, 2.24) is 15.5 Å². The van der Waals surface area contributed by atoms with E-state index in [0.717, 1.165) is 18.4 Å². The van der Waals surface area contributed by atoms with Crippen molar-refractivity contribution in [3.8, 4) is 0 Å². The third-order valence-electron chi connectivity index (χ3n) is 4.49. The van der Waals surface area contributed by atoms with Crippen LogP contribution in [-0.2, 0) is 4.79 Å². The largest absolute Gasteiger partial charge is 0.480 e. The van der Waals surface area contributed by atoms with Crippen molar-refractivity contribution in [1.29, 1.82) is 0 Å². The van der Waals surface area contributed by atoms with Crippen LogP contribution in [0.25, 0.3) is 0 Å². The van der Waals surface area contributed by atoms with Gasteiger partial charge in [-0.25, -0.2) is 4.79 Å². The number of urea groups is 1. The van der Waals surface area contributed by atoms with Gasteiger partial charge in [-0.15, -0.1) is 0 Å². The van der Waals surface area contributed by atoms with Gasteiger partial charge in [0.05, 0.1) is 12.6 Å². The van der Waals surface area contributed by atoms with Crippen molar-refractivity contribution in [3.05, 3.63) is 33.8 Å². The summed E-state index contributed by atoms with van der Waals surface area (Å²) >= 11 is 12.0. The number of benzene rings is 1. The third kappa shape index (κ3) is 5.49. The number of carboxylic acid groups (broad SMARTS) is 1. The summed E-state index contributed by atoms with van der Waals surface area (Å²) in [6.45, 7) is 4.51. The number of amides is 2. The zero-order valence-electron chi connectivity index (χ0n) is 14.3. The molecular formula is C17H23Cl2N3O3. The molecule has 0 unspecified atom stereocenters. The van der Waals surface area contributed by atoms with E-state index in [-0.39, 0.29) is 30.7 Å². The number of hydrogen-bond donors (Lipinski definition) is 3. The Bertz CT molecular complexity index is 636. The van der Waals surface area contributed by atoms with Gasteiger partial charge in [-0.3, -0.25) is 9.69 Å². The zero-order valence-corrected chi connectivity index (χ0v) is 15.8. The normalized spacial score (nSPS) is 20.7. The lowest BCUT2D eigenvalue weighted by Crippen LogP contribution is -2.56. The van der Waals surface area contributed by atoms with Gasteiger partial charge in [0, 0.05) is 22.1 Å². The standard InChI is InChI=1S/C17H23Cl2N3O3/c1-3-22(9-16(23)24)13-7-12(8-13)21-17(25)20-10(2)14-5-4-11(18)6-15(14)19/h4-6,10,12-13H,3,7-9H2,1-2H3,(H,23,24)(H2,20,21,25)/t10-,12?,13?/m0/s1. The highest BCUT2D eigenvalue weighted by Crippen LogP contribution is 2.27. The van der Waals surface area contributed by atoms with Crippen LogP contribution < -0.4 is 10.6 Å². The molecule has 2 amide bonds. The van der Waals surface area contributed by atoms with Crippen molar-refractivity contribution in [3.63, 3.8) is 0 Å². The number of hydrogen-bond acceptors (Lipinski definition) is 3. The number of likely N-dealkylation sites (N-methyl/N-ethyl adjacent to an activating group) is 1. The molecule has 1 aromatic carbocycles. The molecule has 1 saturated carbocycles. The van der Waals surface area contributed by atoms with Gasteiger partial charge in [0.2, 0.25) is 0 Å². The van der Waals surface area contributed by atoms with Crippen LogP contribution in [0.15, 0.2) is 18.2 Å². The fourth-order valence-corrected chi connectivity index (χ4v) is 3.60. The number of carbonyl (C=O) groups excluding carboxylic acids is 1. The van der Waals surface area contributed by atoms with Gasteiger partial charge in [-0.05, 0) is 44.0 Å². The number of nitrogens with zero attached hydrogens (tertiary/aromatic N) is 1. The first-order valence-electron chi connectivity index (χ1n) is 8.28. The van der Waals surface area contributed by atoms with E-state index in [9.17, 15) is 9.59 Å². The van der Waals surface area contributed by atoms with E-state index < -0.39 is 5.97 Å². The molecule has 138 valence electrons. The molecule has 1 aliphatic carbocycles. The molecule has 0 aliphatic heterocycles. The molecule has 1 fully saturated rings. The Balaban J connectivity index is 1.79. The summed E-state index contributed by atoms with van der Waals surface area (Å²) in [4.78, 5) is 24.9. The average Bonchev–Trinajstić information content (AvgIpc) is 2.48. The summed E-state index contributed by atoms with van der Waals surface area (Å²) in [5, 5.41) is 15.7. The van der Waals surface area contributed by atoms with Crippen LogP contribution in [-0.4, -0.2) is 47.2 Å². The Morgan fingerprint density at radius 1 is 1.36 bits per heavy atom. The predicted molar refractivity (Wildman–Crippen MR) is 98.2 cm³/mol. The first-order chi connectivity index (χ1) is 11.8. The molecule has 3 N–H and O–H groups in total. The third-order valence-corrected chi connectivity index (χ3v) is 5.05. The predicted octanol–water partition coefficient (Wildman–Crippen LogP) is 3.29. The van der Waals surface area contributed by atoms with Crippen LogP contribution in [0.2, 0.25) is 10.0 Å². The summed E-state index contributed by atoms with van der Waals surface area (Å²) in [5.41, 5.74) is 0.798. The summed E-state index contributed by atoms with van der Waals surface area (Å²) in [6.07, 6.45) is 1.51. The molecule has 8 heteroatoms. The minimum Gasteiger partial charge on any atom is -0.480 e. The van der Waals surface area contributed by atoms with E-state index >= 15 is 0 Å². The van der Waals surface area contributed by atoms with Gasteiger partial charge in [0.1, 0.15) is 0 Å². The number of aliphatic carboxylic acids is 1. The number of nitrogens with one attached hydrogen (secondary N) is 2. The van der Waals surface area contributed by atoms with Crippen molar-refractivity contribution >= 4 is 35.2 Å². The molecule has 6 nitrogen and oxygen atoms in total. The lowest BCUT2D eigenvalue weighted by Gasteiger charge is -2.42. The van der Waals surface area contributed by atoms with Crippen LogP contribution in [0.4, 0.5) is 4.79 Å². The summed E-state index contributed by atoms with van der Waals surface area (Å²) in [7, 11) is 0. The molecule has 1 aliphatic rings. The molecule has 1 atom stereocenters. The van der Waals surface area contributed by atoms with E-state index in [4.69, 9.17) is 28.3 Å². The summed E-state index contributed by atoms with van der Waals surface area (Å²) in [6, 6.07) is 4.92. The van der Waals surface area contributed by atoms with E-state index in [1.54, 1.807) is 18.2 Å². The number of halogens is 2. The maximum absolute atomic E-state index is 12.1. The molecule has 1 aromatic rings. The summed E-state index contributed by atoms with van der Waals surface area (Å²) < 4.78 is 0. The highest BCUT2D eigenvalue weighted by Gasteiger charge is 2.34. The number of carbonyl (C=O) groups is 2. The van der Waals surface area contributed by atoms with E-state index in [1.165, 1.54) is 0 Å². The first-order valence-corrected chi connectivity index (χ1v) is 9.03. The fraction of sp³-hybridized carbons (Fsp3) is 0.529. The number of carboxylic acids is 1. The molecule has 0 aromatic heterocycles. The van der Waals surface area contributed by atoms with Gasteiger partial charge in [-0.2, -0.15) is 0 Å². The summed E-state index contributed by atoms with van der Waals surface area (Å²) in [5.74, 6) is -0.829. The quantitative estimate of drug-likeness (QED) is 0.670. The molecule has 0 bridgehead atoms. The number of rotatable bonds is 7. The second-order valence-electron chi connectivity index (χ2n) is 6.28. The van der Waals surface area contributed by atoms with Crippen LogP contribution in [0, 0.1) is 0 Å². The van der Waals surface area contributed by atoms with Crippen molar-refractivity contribution in [2.75, 3.05) is 13.1 Å². The Hall–Kier alpha value is -1.50. The van der Waals surface area contributed by atoms with Crippen LogP contribution >= 0.6 is 23.2 Å². The smallest absolute Gasteiger partial charge is 0.317 e. The van der Waals surface area contributed by atoms with Crippen molar-refractivity contribution < 1.29 is 14.7 Å². The topological polar surface area (TPSA) is 81.7 Å². The second kappa shape index (κ2) is 8.74. The van der Waals surface area contributed by atoms with Crippen molar-refractivity contribution in [2.45, 2.75) is 44.8 Å². The second-order valence-corrected chi connectivity index (χ2v) is 7.13. The Morgan fingerprint density at radius 2 is 2.04 bits per heavy atom. The van der Waals surface area contributed by atoms with Crippen LogP contribution in [0.5, 0.6) is 0 Å². The fourth-order valence-electron chi connectivity index (χ4n) is 3.03. The SMILES string of the molecule is CCN(CC(=O)O)C1CC(NC(=O)N[C@@H](C)c2ccc(Cl)cc2Cl)C1. The molecule has 2 rings (SSSR count). The minimum atomic E-state index is -0.829. The van der Waals surface area contributed by atoms with Crippen molar-refractivity contribution in [2.24, 2.45) is 0 Å². The van der Waals surface area contributed by atoms with Gasteiger partial charge in [0.25, 0.3) is 0 Å². The molecule has 0 heterocycles. The Labute approximate surface area is 157 Å². The molecule has 0 saturated heterocycles. The Morgan fingerprint density at radius 3 is 2.60 bits per heavy atom. The van der Waals surface area contributed by atoms with E-state index in [1.807, 2.05) is 18.7 Å². The zero-order chi connectivity index (χ0) is 18.6. The van der Waals surface area contributed by atoms with Gasteiger partial charge < -0.3 is 15.7 Å². The lowest BCUT2D eigenvalue weighted by atomic mass is 9.85. The van der Waals surface area contributed by atoms with Crippen LogP contribution in [0.1, 0.15) is 38.3 Å². The molecule has 25 heavy (non-hydrogen) atoms. The minimum absolute atomic E-state index is 0.0339. The Kier molecular flexibility index (Phi) is 6.93. The maximum Gasteiger partial charge on any atom is 0.317 e. The lowest BCUT2D eigenvalue weighted by molar-refractivity contribution is -0.139. The molecule has 0 spiro atoms. The maximum atomic E-state index is 12.1. The monoisotopic (exact) mass is 387 g/mol. The van der Waals surface area contributed by atoms with Gasteiger partial charge in [0.15, 0.2) is 0 Å². The first kappa shape index (κ1) is 19.8. The van der Waals surface area contributed by atoms with E-state index in [0.29, 0.717) is 16.6 Å². The highest BCUT2D eigenvalue weighted by molar-refractivity contribution is 6.35. The van der Waals surface area contributed by atoms with E-state index in [2.05, 4.69) is 10.6 Å². The molecule has 0 radical (unpaired) electrons. The van der Waals surface area contributed by atoms with Gasteiger partial charge in [-0.1, -0.05) is 36.2 Å².